The number of hydrogen-bond donors (Lipinski definition) is 0. The molecule has 1 unspecified atom stereocenters. The second-order valence-electron chi connectivity index (χ2n) is 7.45. The Morgan fingerprint density at radius 1 is 1.12 bits per heavy atom. The minimum atomic E-state index is -0.256. The van der Waals surface area contributed by atoms with Gasteiger partial charge in [0, 0.05) is 50.2 Å². The van der Waals surface area contributed by atoms with Gasteiger partial charge in [0.25, 0.3) is 0 Å². The van der Waals surface area contributed by atoms with Gasteiger partial charge in [-0.15, -0.1) is 0 Å². The van der Waals surface area contributed by atoms with Gasteiger partial charge in [0.15, 0.2) is 11.6 Å². The third kappa shape index (κ3) is 3.86. The van der Waals surface area contributed by atoms with Crippen LogP contribution in [0.3, 0.4) is 0 Å². The maximum atomic E-state index is 14.3. The molecule has 2 aromatic rings. The summed E-state index contributed by atoms with van der Waals surface area (Å²) in [4.78, 5) is 12.9. The number of nitrogens with zero attached hydrogens (tertiary/aromatic N) is 4. The summed E-state index contributed by atoms with van der Waals surface area (Å²) in [5.41, 5.74) is 1.30. The van der Waals surface area contributed by atoms with Crippen LogP contribution in [0.5, 0.6) is 0 Å². The monoisotopic (exact) mass is 356 g/mol. The molecule has 5 nitrogen and oxygen atoms in total. The van der Waals surface area contributed by atoms with Crippen molar-refractivity contribution in [3.63, 3.8) is 0 Å². The lowest BCUT2D eigenvalue weighted by Crippen LogP contribution is -2.50. The molecule has 0 bridgehead atoms. The first kappa shape index (κ1) is 17.4. The van der Waals surface area contributed by atoms with E-state index in [4.69, 9.17) is 4.74 Å². The van der Waals surface area contributed by atoms with Crippen molar-refractivity contribution in [1.82, 2.24) is 14.9 Å². The summed E-state index contributed by atoms with van der Waals surface area (Å²) >= 11 is 0. The zero-order valence-corrected chi connectivity index (χ0v) is 15.0. The molecular weight excluding hydrogens is 331 g/mol. The van der Waals surface area contributed by atoms with Gasteiger partial charge in [-0.3, -0.25) is 9.88 Å². The summed E-state index contributed by atoms with van der Waals surface area (Å²) in [5.74, 6) is 0.192. The van der Waals surface area contributed by atoms with E-state index in [2.05, 4.69) is 31.9 Å². The van der Waals surface area contributed by atoms with Crippen LogP contribution in [0.2, 0.25) is 0 Å². The van der Waals surface area contributed by atoms with Crippen molar-refractivity contribution in [2.24, 2.45) is 5.41 Å². The van der Waals surface area contributed by atoms with Gasteiger partial charge < -0.3 is 9.64 Å². The van der Waals surface area contributed by atoms with E-state index in [9.17, 15) is 4.39 Å². The van der Waals surface area contributed by atoms with E-state index in [1.165, 1.54) is 11.6 Å². The first-order valence-electron chi connectivity index (χ1n) is 9.29. The Morgan fingerprint density at radius 2 is 2.00 bits per heavy atom. The topological polar surface area (TPSA) is 41.5 Å². The second-order valence-corrected chi connectivity index (χ2v) is 7.45. The van der Waals surface area contributed by atoms with Crippen molar-refractivity contribution in [1.29, 1.82) is 0 Å². The smallest absolute Gasteiger partial charge is 0.165 e. The molecule has 0 aromatic carbocycles. The maximum absolute atomic E-state index is 14.3. The van der Waals surface area contributed by atoms with Gasteiger partial charge in [-0.25, -0.2) is 9.37 Å². The lowest BCUT2D eigenvalue weighted by Gasteiger charge is -2.43. The summed E-state index contributed by atoms with van der Waals surface area (Å²) in [6, 6.07) is 7.26. The molecule has 2 aliphatic rings. The van der Waals surface area contributed by atoms with Gasteiger partial charge in [0.1, 0.15) is 0 Å². The minimum absolute atomic E-state index is 0.0196. The molecule has 1 atom stereocenters. The van der Waals surface area contributed by atoms with E-state index in [-0.39, 0.29) is 11.2 Å². The van der Waals surface area contributed by atoms with Gasteiger partial charge in [0.2, 0.25) is 0 Å². The average Bonchev–Trinajstić information content (AvgIpc) is 2.85. The molecule has 26 heavy (non-hydrogen) atoms. The molecule has 4 rings (SSSR count). The van der Waals surface area contributed by atoms with Gasteiger partial charge >= 0.3 is 0 Å². The number of hydrogen-bond acceptors (Lipinski definition) is 5. The Hall–Kier alpha value is -2.05. The minimum Gasteiger partial charge on any atom is -0.379 e. The summed E-state index contributed by atoms with van der Waals surface area (Å²) < 4.78 is 20.2. The predicted molar refractivity (Wildman–Crippen MR) is 98.4 cm³/mol. The lowest BCUT2D eigenvalue weighted by atomic mass is 9.80. The van der Waals surface area contributed by atoms with Crippen LogP contribution in [-0.4, -0.2) is 54.3 Å². The van der Waals surface area contributed by atoms with Crippen molar-refractivity contribution in [2.75, 3.05) is 44.3 Å². The number of pyridine rings is 2. The normalized spacial score (nSPS) is 24.6. The Morgan fingerprint density at radius 3 is 2.85 bits per heavy atom. The van der Waals surface area contributed by atoms with Crippen LogP contribution in [-0.2, 0) is 11.3 Å². The molecule has 0 N–H and O–H groups in total. The van der Waals surface area contributed by atoms with Crippen LogP contribution in [0.25, 0.3) is 0 Å². The van der Waals surface area contributed by atoms with E-state index in [1.807, 2.05) is 12.4 Å². The molecule has 0 amide bonds. The van der Waals surface area contributed by atoms with Gasteiger partial charge in [-0.2, -0.15) is 0 Å². The van der Waals surface area contributed by atoms with E-state index >= 15 is 0 Å². The number of aromatic nitrogens is 2. The van der Waals surface area contributed by atoms with Crippen molar-refractivity contribution < 1.29 is 9.13 Å². The molecule has 6 heteroatoms. The maximum Gasteiger partial charge on any atom is 0.165 e. The molecule has 2 saturated heterocycles. The third-order valence-electron chi connectivity index (χ3n) is 5.37. The molecule has 4 heterocycles. The number of likely N-dealkylation sites (tertiary alicyclic amines) is 1. The van der Waals surface area contributed by atoms with Crippen LogP contribution in [0.15, 0.2) is 42.9 Å². The highest BCUT2D eigenvalue weighted by Crippen LogP contribution is 2.35. The molecule has 0 saturated carbocycles. The molecule has 2 aromatic heterocycles. The summed E-state index contributed by atoms with van der Waals surface area (Å²) in [6.07, 6.45) is 7.58. The summed E-state index contributed by atoms with van der Waals surface area (Å²) in [7, 11) is 0. The highest BCUT2D eigenvalue weighted by atomic mass is 19.1. The average molecular weight is 356 g/mol. The predicted octanol–water partition coefficient (Wildman–Crippen LogP) is 2.73. The molecule has 1 spiro atoms. The number of piperidine rings is 1. The van der Waals surface area contributed by atoms with Crippen LogP contribution >= 0.6 is 0 Å². The first-order chi connectivity index (χ1) is 12.7. The van der Waals surface area contributed by atoms with Crippen LogP contribution in [0.1, 0.15) is 18.4 Å². The van der Waals surface area contributed by atoms with E-state index in [0.29, 0.717) is 19.0 Å². The van der Waals surface area contributed by atoms with Crippen molar-refractivity contribution in [2.45, 2.75) is 19.4 Å². The fourth-order valence-electron chi connectivity index (χ4n) is 4.22. The number of ether oxygens (including phenoxy) is 1. The van der Waals surface area contributed by atoms with E-state index in [1.54, 1.807) is 12.3 Å². The third-order valence-corrected chi connectivity index (χ3v) is 5.37. The van der Waals surface area contributed by atoms with Crippen molar-refractivity contribution in [3.05, 3.63) is 54.2 Å². The van der Waals surface area contributed by atoms with Gasteiger partial charge in [-0.1, -0.05) is 0 Å². The second kappa shape index (κ2) is 7.68. The standard InChI is InChI=1S/C20H25FN4O/c21-18-3-1-7-23-19(18)25-11-12-26-16-20(15-25)6-2-10-24(14-20)13-17-4-8-22-9-5-17/h1,3-5,7-9H,2,6,10-16H2. The Kier molecular flexibility index (Phi) is 5.13. The molecule has 2 aliphatic heterocycles. The Balaban J connectivity index is 1.51. The lowest BCUT2D eigenvalue weighted by molar-refractivity contribution is 0.0106. The van der Waals surface area contributed by atoms with E-state index in [0.717, 1.165) is 45.6 Å². The SMILES string of the molecule is Fc1cccnc1N1CCOCC2(CCCN(Cc3ccncc3)C2)C1. The van der Waals surface area contributed by atoms with E-state index < -0.39 is 0 Å². The Bertz CT molecular complexity index is 729. The Labute approximate surface area is 153 Å². The molecule has 2 fully saturated rings. The quantitative estimate of drug-likeness (QED) is 0.846. The fraction of sp³-hybridized carbons (Fsp3) is 0.500. The molecular formula is C20H25FN4O. The number of rotatable bonds is 3. The molecule has 138 valence electrons. The molecule has 0 aliphatic carbocycles. The van der Waals surface area contributed by atoms with Crippen LogP contribution in [0.4, 0.5) is 10.2 Å². The highest BCUT2D eigenvalue weighted by molar-refractivity contribution is 5.40. The van der Waals surface area contributed by atoms with Gasteiger partial charge in [0.05, 0.1) is 13.2 Å². The first-order valence-corrected chi connectivity index (χ1v) is 9.29. The molecule has 0 radical (unpaired) electrons. The van der Waals surface area contributed by atoms with Crippen LogP contribution in [0, 0.1) is 11.2 Å². The largest absolute Gasteiger partial charge is 0.379 e. The van der Waals surface area contributed by atoms with Gasteiger partial charge in [-0.05, 0) is 49.2 Å². The summed E-state index contributed by atoms with van der Waals surface area (Å²) in [5, 5.41) is 0. The number of anilines is 1. The van der Waals surface area contributed by atoms with Crippen molar-refractivity contribution in [3.8, 4) is 0 Å². The zero-order chi connectivity index (χ0) is 17.8. The highest BCUT2D eigenvalue weighted by Gasteiger charge is 2.39. The zero-order valence-electron chi connectivity index (χ0n) is 15.0. The van der Waals surface area contributed by atoms with Crippen molar-refractivity contribution >= 4 is 5.82 Å². The fourth-order valence-corrected chi connectivity index (χ4v) is 4.22. The summed E-state index contributed by atoms with van der Waals surface area (Å²) in [6.45, 7) is 5.77. The number of halogens is 1. The van der Waals surface area contributed by atoms with Crippen LogP contribution < -0.4 is 4.90 Å².